The molecule has 0 radical (unpaired) electrons. The zero-order chi connectivity index (χ0) is 27.1. The van der Waals surface area contributed by atoms with Crippen LogP contribution in [0.1, 0.15) is 64.2 Å². The van der Waals surface area contributed by atoms with Crippen molar-refractivity contribution in [2.75, 3.05) is 0 Å². The number of rotatable bonds is 3. The Morgan fingerprint density at radius 2 is 0.944 bits per heavy atom. The molecule has 0 aliphatic heterocycles. The maximum Gasteiger partial charge on any atom is 0.286 e. The Balaban J connectivity index is 1.98. The first kappa shape index (κ1) is 28.0. The monoisotopic (exact) mass is 518 g/mol. The first-order chi connectivity index (χ1) is 16.4. The van der Waals surface area contributed by atoms with Gasteiger partial charge in [0.1, 0.15) is 5.60 Å². The standard InChI is InChI=1S/C24H38O12/c25-18(19(26)20(27,28)22(31,32)24(35,36)23(33,34)21(19,29)30)14-8-5-11-16(18)17(12-6-2-7-13-17)15-9-3-1-4-10-15/h5,8,11,14-16,25-36H,1-4,6-7,9-10,12-13H2. The number of hydrogen-bond donors (Lipinski definition) is 12. The largest absolute Gasteiger partial charge is 0.382 e. The molecule has 4 rings (SSSR count). The summed E-state index contributed by atoms with van der Waals surface area (Å²) in [5.74, 6) is -25.4. The molecule has 2 atom stereocenters. The van der Waals surface area contributed by atoms with Gasteiger partial charge in [0.15, 0.2) is 0 Å². The highest BCUT2D eigenvalue weighted by Gasteiger charge is 2.94. The lowest BCUT2D eigenvalue weighted by Gasteiger charge is -2.68. The molecule has 12 heteroatoms. The Bertz CT molecular complexity index is 878. The van der Waals surface area contributed by atoms with Crippen molar-refractivity contribution in [2.24, 2.45) is 17.3 Å². The Morgan fingerprint density at radius 3 is 1.44 bits per heavy atom. The van der Waals surface area contributed by atoms with Crippen molar-refractivity contribution in [3.05, 3.63) is 24.3 Å². The minimum atomic E-state index is -4.84. The predicted molar refractivity (Wildman–Crippen MR) is 120 cm³/mol. The minimum Gasteiger partial charge on any atom is -0.382 e. The van der Waals surface area contributed by atoms with Crippen molar-refractivity contribution in [1.29, 1.82) is 0 Å². The summed E-state index contributed by atoms with van der Waals surface area (Å²) >= 11 is 0. The van der Waals surface area contributed by atoms with E-state index in [4.69, 9.17) is 0 Å². The van der Waals surface area contributed by atoms with Crippen LogP contribution in [-0.4, -0.2) is 101 Å². The van der Waals surface area contributed by atoms with E-state index in [1.165, 1.54) is 12.2 Å². The van der Waals surface area contributed by atoms with Crippen LogP contribution in [0.4, 0.5) is 0 Å². The molecular weight excluding hydrogens is 480 g/mol. The van der Waals surface area contributed by atoms with Crippen molar-refractivity contribution >= 4 is 0 Å². The van der Waals surface area contributed by atoms with Crippen molar-refractivity contribution in [3.63, 3.8) is 0 Å². The quantitative estimate of drug-likeness (QED) is 0.169. The lowest BCUT2D eigenvalue weighted by molar-refractivity contribution is -0.622. The molecular formula is C24H38O12. The maximum atomic E-state index is 12.1. The van der Waals surface area contributed by atoms with E-state index in [0.717, 1.165) is 63.5 Å². The van der Waals surface area contributed by atoms with Gasteiger partial charge in [0.2, 0.25) is 5.60 Å². The second-order valence-electron chi connectivity index (χ2n) is 11.2. The molecule has 12 nitrogen and oxygen atoms in total. The summed E-state index contributed by atoms with van der Waals surface area (Å²) < 4.78 is 0. The van der Waals surface area contributed by atoms with Gasteiger partial charge in [-0.2, -0.15) is 0 Å². The van der Waals surface area contributed by atoms with E-state index < -0.39 is 51.5 Å². The van der Waals surface area contributed by atoms with Crippen molar-refractivity contribution in [3.8, 4) is 0 Å². The Kier molecular flexibility index (Phi) is 6.42. The predicted octanol–water partition coefficient (Wildman–Crippen LogP) is -2.86. The van der Waals surface area contributed by atoms with E-state index in [1.54, 1.807) is 0 Å². The lowest BCUT2D eigenvalue weighted by Crippen LogP contribution is -2.99. The van der Waals surface area contributed by atoms with Crippen LogP contribution in [-0.2, 0) is 0 Å². The molecule has 0 heterocycles. The molecule has 0 aromatic rings. The molecule has 3 fully saturated rings. The smallest absolute Gasteiger partial charge is 0.286 e. The number of aliphatic hydroxyl groups is 12. The second-order valence-corrected chi connectivity index (χ2v) is 11.2. The molecule has 206 valence electrons. The van der Waals surface area contributed by atoms with Gasteiger partial charge in [0.25, 0.3) is 28.9 Å². The molecule has 0 aromatic carbocycles. The first-order valence-electron chi connectivity index (χ1n) is 12.4. The normalized spacial score (nSPS) is 37.9. The van der Waals surface area contributed by atoms with Crippen LogP contribution < -0.4 is 0 Å². The number of hydrogen-bond acceptors (Lipinski definition) is 12. The van der Waals surface area contributed by atoms with E-state index >= 15 is 0 Å². The summed E-state index contributed by atoms with van der Waals surface area (Å²) in [7, 11) is 0. The Hall–Kier alpha value is -1.000. The molecule has 0 bridgehead atoms. The van der Waals surface area contributed by atoms with Crippen LogP contribution in [0.3, 0.4) is 0 Å². The van der Waals surface area contributed by atoms with Gasteiger partial charge >= 0.3 is 0 Å². The summed E-state index contributed by atoms with van der Waals surface area (Å²) in [5, 5.41) is 129. The van der Waals surface area contributed by atoms with E-state index in [-0.39, 0.29) is 5.92 Å². The summed E-state index contributed by atoms with van der Waals surface area (Å²) in [5.41, 5.74) is -8.47. The van der Waals surface area contributed by atoms with Crippen LogP contribution in [0.5, 0.6) is 0 Å². The molecule has 4 aliphatic carbocycles. The fourth-order valence-electron chi connectivity index (χ4n) is 7.50. The van der Waals surface area contributed by atoms with Gasteiger partial charge in [0.05, 0.1) is 0 Å². The molecule has 36 heavy (non-hydrogen) atoms. The second kappa shape index (κ2) is 8.25. The Morgan fingerprint density at radius 1 is 0.500 bits per heavy atom. The molecule has 12 N–H and O–H groups in total. The summed E-state index contributed by atoms with van der Waals surface area (Å²) in [6.07, 6.45) is 12.4. The van der Waals surface area contributed by atoms with E-state index in [2.05, 4.69) is 0 Å². The molecule has 3 saturated carbocycles. The SMILES string of the molecule is OC1(C2(O)C(O)(O)C(O)(O)C(O)(O)C(O)(O)C2(O)O)C=CC=CC1C1(C2CCCCC2)CCCCC1. The summed E-state index contributed by atoms with van der Waals surface area (Å²) in [6, 6.07) is 0. The van der Waals surface area contributed by atoms with Gasteiger partial charge in [-0.3, -0.25) is 0 Å². The van der Waals surface area contributed by atoms with Crippen molar-refractivity contribution in [2.45, 2.75) is 104 Å². The zero-order valence-corrected chi connectivity index (χ0v) is 19.9. The van der Waals surface area contributed by atoms with Crippen LogP contribution >= 0.6 is 0 Å². The highest BCUT2D eigenvalue weighted by molar-refractivity contribution is 5.39. The highest BCUT2D eigenvalue weighted by Crippen LogP contribution is 2.64. The summed E-state index contributed by atoms with van der Waals surface area (Å²) in [6.45, 7) is 0. The van der Waals surface area contributed by atoms with Crippen molar-refractivity contribution < 1.29 is 61.3 Å². The summed E-state index contributed by atoms with van der Waals surface area (Å²) in [4.78, 5) is 0. The van der Waals surface area contributed by atoms with Crippen LogP contribution in [0.2, 0.25) is 0 Å². The fraction of sp³-hybridized carbons (Fsp3) is 0.833. The lowest BCUT2D eigenvalue weighted by atomic mass is 9.46. The van der Waals surface area contributed by atoms with Gasteiger partial charge in [0, 0.05) is 5.92 Å². The number of allylic oxidation sites excluding steroid dienone is 2. The van der Waals surface area contributed by atoms with Gasteiger partial charge in [-0.25, -0.2) is 0 Å². The average Bonchev–Trinajstić information content (AvgIpc) is 2.83. The molecule has 0 amide bonds. The zero-order valence-electron chi connectivity index (χ0n) is 19.9. The van der Waals surface area contributed by atoms with E-state index in [1.807, 2.05) is 0 Å². The third kappa shape index (κ3) is 3.01. The molecule has 0 saturated heterocycles. The fourth-order valence-corrected chi connectivity index (χ4v) is 7.50. The molecule has 0 spiro atoms. The van der Waals surface area contributed by atoms with E-state index in [9.17, 15) is 61.3 Å². The molecule has 0 aromatic heterocycles. The highest BCUT2D eigenvalue weighted by atomic mass is 16.7. The van der Waals surface area contributed by atoms with Gasteiger partial charge < -0.3 is 61.3 Å². The minimum absolute atomic E-state index is 0.0409. The van der Waals surface area contributed by atoms with Crippen LogP contribution in [0, 0.1) is 17.3 Å². The Labute approximate surface area is 207 Å². The molecule has 2 unspecified atom stereocenters. The maximum absolute atomic E-state index is 12.1. The van der Waals surface area contributed by atoms with Crippen LogP contribution in [0.25, 0.3) is 0 Å². The van der Waals surface area contributed by atoms with Gasteiger partial charge in [-0.05, 0) is 43.1 Å². The topological polar surface area (TPSA) is 243 Å². The van der Waals surface area contributed by atoms with Crippen LogP contribution in [0.15, 0.2) is 24.3 Å². The average molecular weight is 519 g/mol. The third-order valence-electron chi connectivity index (χ3n) is 9.59. The van der Waals surface area contributed by atoms with E-state index in [0.29, 0.717) is 12.8 Å². The third-order valence-corrected chi connectivity index (χ3v) is 9.59. The molecule has 4 aliphatic rings. The van der Waals surface area contributed by atoms with Gasteiger partial charge in [-0.15, -0.1) is 0 Å². The van der Waals surface area contributed by atoms with Gasteiger partial charge in [-0.1, -0.05) is 56.8 Å². The first-order valence-corrected chi connectivity index (χ1v) is 12.4. The van der Waals surface area contributed by atoms with Crippen molar-refractivity contribution in [1.82, 2.24) is 0 Å².